The summed E-state index contributed by atoms with van der Waals surface area (Å²) >= 11 is 4.79. The van der Waals surface area contributed by atoms with E-state index in [4.69, 9.17) is 12.2 Å². The minimum atomic E-state index is -0.437. The number of hydrogen-bond donors (Lipinski definition) is 3. The van der Waals surface area contributed by atoms with Crippen molar-refractivity contribution >= 4 is 35.1 Å². The highest BCUT2D eigenvalue weighted by Gasteiger charge is 2.09. The Morgan fingerprint density at radius 1 is 1.00 bits per heavy atom. The highest BCUT2D eigenvalue weighted by atomic mass is 32.1. The summed E-state index contributed by atoms with van der Waals surface area (Å²) < 4.78 is 4.68. The standard InChI is InChI=1S/C11H19N3O4S/c1-3-5-9(16)13-14-11(19)12-8(15)6-7-10(17)18-4-2/h3-7H2,1-2H3,(H,13,16)(H2,12,14,15,19). The van der Waals surface area contributed by atoms with Gasteiger partial charge in [-0.3, -0.25) is 25.2 Å². The van der Waals surface area contributed by atoms with E-state index in [0.29, 0.717) is 12.8 Å². The molecule has 0 bridgehead atoms. The molecular weight excluding hydrogens is 270 g/mol. The van der Waals surface area contributed by atoms with E-state index < -0.39 is 11.9 Å². The number of rotatable bonds is 6. The van der Waals surface area contributed by atoms with E-state index in [9.17, 15) is 14.4 Å². The summed E-state index contributed by atoms with van der Waals surface area (Å²) in [5.41, 5.74) is 4.73. The molecule has 0 aromatic rings. The lowest BCUT2D eigenvalue weighted by molar-refractivity contribution is -0.144. The second-order valence-corrected chi connectivity index (χ2v) is 4.01. The number of thiocarbonyl (C=S) groups is 1. The monoisotopic (exact) mass is 289 g/mol. The van der Waals surface area contributed by atoms with Gasteiger partial charge >= 0.3 is 5.97 Å². The highest BCUT2D eigenvalue weighted by molar-refractivity contribution is 7.80. The summed E-state index contributed by atoms with van der Waals surface area (Å²) in [6, 6.07) is 0. The van der Waals surface area contributed by atoms with E-state index in [1.807, 2.05) is 6.92 Å². The maximum absolute atomic E-state index is 11.4. The predicted octanol–water partition coefficient (Wildman–Crippen LogP) is 0.152. The number of hydrogen-bond acceptors (Lipinski definition) is 5. The smallest absolute Gasteiger partial charge is 0.306 e. The Labute approximate surface area is 117 Å². The molecule has 0 aliphatic carbocycles. The second kappa shape index (κ2) is 10.2. The van der Waals surface area contributed by atoms with Gasteiger partial charge in [-0.05, 0) is 25.6 Å². The molecule has 0 aliphatic heterocycles. The van der Waals surface area contributed by atoms with Crippen LogP contribution in [-0.4, -0.2) is 29.5 Å². The van der Waals surface area contributed by atoms with Crippen molar-refractivity contribution in [3.63, 3.8) is 0 Å². The van der Waals surface area contributed by atoms with E-state index >= 15 is 0 Å². The van der Waals surface area contributed by atoms with Gasteiger partial charge in [-0.25, -0.2) is 0 Å². The molecule has 0 atom stereocenters. The Hall–Kier alpha value is -1.70. The SMILES string of the molecule is CCCC(=O)NNC(=S)NC(=O)CCC(=O)OCC. The van der Waals surface area contributed by atoms with E-state index in [0.717, 1.165) is 0 Å². The Kier molecular flexibility index (Phi) is 9.33. The quantitative estimate of drug-likeness (QED) is 0.366. The molecular formula is C11H19N3O4S. The number of amides is 2. The normalized spacial score (nSPS) is 9.37. The minimum Gasteiger partial charge on any atom is -0.466 e. The van der Waals surface area contributed by atoms with Gasteiger partial charge in [0.15, 0.2) is 5.11 Å². The molecule has 0 radical (unpaired) electrons. The lowest BCUT2D eigenvalue weighted by Gasteiger charge is -2.10. The molecule has 0 aromatic carbocycles. The molecule has 108 valence electrons. The van der Waals surface area contributed by atoms with Gasteiger partial charge in [-0.2, -0.15) is 0 Å². The molecule has 0 heterocycles. The molecule has 0 fully saturated rings. The van der Waals surface area contributed by atoms with Crippen molar-refractivity contribution in [1.82, 2.24) is 16.2 Å². The zero-order valence-corrected chi connectivity index (χ0v) is 11.9. The van der Waals surface area contributed by atoms with Crippen LogP contribution < -0.4 is 16.2 Å². The van der Waals surface area contributed by atoms with Crippen LogP contribution in [0.25, 0.3) is 0 Å². The molecule has 0 spiro atoms. The summed E-state index contributed by atoms with van der Waals surface area (Å²) in [7, 11) is 0. The third-order valence-electron chi connectivity index (χ3n) is 1.91. The Balaban J connectivity index is 3.78. The molecule has 0 unspecified atom stereocenters. The molecule has 0 aromatic heterocycles. The zero-order valence-electron chi connectivity index (χ0n) is 11.1. The van der Waals surface area contributed by atoms with Gasteiger partial charge < -0.3 is 10.1 Å². The first-order chi connectivity index (χ1) is 8.99. The number of nitrogens with one attached hydrogen (secondary N) is 3. The summed E-state index contributed by atoms with van der Waals surface area (Å²) in [5, 5.41) is 2.32. The third-order valence-corrected chi connectivity index (χ3v) is 2.11. The lowest BCUT2D eigenvalue weighted by Crippen LogP contribution is -2.48. The van der Waals surface area contributed by atoms with Crippen LogP contribution in [0.2, 0.25) is 0 Å². The molecule has 2 amide bonds. The van der Waals surface area contributed by atoms with Crippen molar-refractivity contribution in [2.75, 3.05) is 6.61 Å². The van der Waals surface area contributed by atoms with Crippen molar-refractivity contribution in [1.29, 1.82) is 0 Å². The van der Waals surface area contributed by atoms with Crippen LogP contribution in [0.5, 0.6) is 0 Å². The van der Waals surface area contributed by atoms with Gasteiger partial charge in [-0.1, -0.05) is 6.92 Å². The minimum absolute atomic E-state index is 0.00944. The van der Waals surface area contributed by atoms with Crippen molar-refractivity contribution in [3.05, 3.63) is 0 Å². The predicted molar refractivity (Wildman–Crippen MR) is 72.8 cm³/mol. The molecule has 7 nitrogen and oxygen atoms in total. The van der Waals surface area contributed by atoms with Crippen molar-refractivity contribution in [3.8, 4) is 0 Å². The van der Waals surface area contributed by atoms with Gasteiger partial charge in [0.2, 0.25) is 11.8 Å². The molecule has 0 saturated heterocycles. The summed E-state index contributed by atoms with van der Waals surface area (Å²) in [5.74, 6) is -1.08. The zero-order chi connectivity index (χ0) is 14.7. The first kappa shape index (κ1) is 17.3. The van der Waals surface area contributed by atoms with Crippen LogP contribution >= 0.6 is 12.2 Å². The molecule has 0 aliphatic rings. The molecule has 0 saturated carbocycles. The molecule has 3 N–H and O–H groups in total. The first-order valence-corrected chi connectivity index (χ1v) is 6.44. The van der Waals surface area contributed by atoms with Crippen LogP contribution in [0.4, 0.5) is 0 Å². The maximum Gasteiger partial charge on any atom is 0.306 e. The fourth-order valence-electron chi connectivity index (χ4n) is 1.09. The largest absolute Gasteiger partial charge is 0.466 e. The fraction of sp³-hybridized carbons (Fsp3) is 0.636. The van der Waals surface area contributed by atoms with E-state index in [1.165, 1.54) is 0 Å². The van der Waals surface area contributed by atoms with Gasteiger partial charge in [-0.15, -0.1) is 0 Å². The average Bonchev–Trinajstić information content (AvgIpc) is 2.35. The molecule has 0 rings (SSSR count). The third kappa shape index (κ3) is 9.95. The van der Waals surface area contributed by atoms with Crippen molar-refractivity contribution < 1.29 is 19.1 Å². The fourth-order valence-corrected chi connectivity index (χ4v) is 1.25. The van der Waals surface area contributed by atoms with Crippen LogP contribution in [-0.2, 0) is 19.1 Å². The maximum atomic E-state index is 11.4. The van der Waals surface area contributed by atoms with Crippen molar-refractivity contribution in [2.45, 2.75) is 39.5 Å². The summed E-state index contributed by atoms with van der Waals surface area (Å²) in [6.45, 7) is 3.84. The second-order valence-electron chi connectivity index (χ2n) is 3.61. The number of ether oxygens (including phenoxy) is 1. The van der Waals surface area contributed by atoms with Crippen LogP contribution in [0.15, 0.2) is 0 Å². The van der Waals surface area contributed by atoms with Crippen LogP contribution in [0.1, 0.15) is 39.5 Å². The number of hydrazine groups is 1. The van der Waals surface area contributed by atoms with Gasteiger partial charge in [0, 0.05) is 12.8 Å². The van der Waals surface area contributed by atoms with E-state index in [-0.39, 0.29) is 30.5 Å². The Bertz CT molecular complexity index is 315. The van der Waals surface area contributed by atoms with E-state index in [1.54, 1.807) is 6.92 Å². The van der Waals surface area contributed by atoms with Gasteiger partial charge in [0.05, 0.1) is 13.0 Å². The van der Waals surface area contributed by atoms with Gasteiger partial charge in [0.25, 0.3) is 0 Å². The molecule has 19 heavy (non-hydrogen) atoms. The van der Waals surface area contributed by atoms with Crippen molar-refractivity contribution in [2.24, 2.45) is 0 Å². The first-order valence-electron chi connectivity index (χ1n) is 6.03. The van der Waals surface area contributed by atoms with Crippen LogP contribution in [0.3, 0.4) is 0 Å². The summed E-state index contributed by atoms with van der Waals surface area (Å²) in [6.07, 6.45) is 1.05. The van der Waals surface area contributed by atoms with Gasteiger partial charge in [0.1, 0.15) is 0 Å². The Morgan fingerprint density at radius 2 is 1.68 bits per heavy atom. The van der Waals surface area contributed by atoms with E-state index in [2.05, 4.69) is 20.9 Å². The summed E-state index contributed by atoms with van der Waals surface area (Å²) in [4.78, 5) is 33.5. The topological polar surface area (TPSA) is 96.5 Å². The lowest BCUT2D eigenvalue weighted by atomic mass is 10.3. The number of carbonyl (C=O) groups excluding carboxylic acids is 3. The average molecular weight is 289 g/mol. The molecule has 8 heteroatoms. The number of carbonyl (C=O) groups is 3. The van der Waals surface area contributed by atoms with Crippen LogP contribution in [0, 0.1) is 0 Å². The number of esters is 1. The Morgan fingerprint density at radius 3 is 2.26 bits per heavy atom. The highest BCUT2D eigenvalue weighted by Crippen LogP contribution is 1.92.